The number of hydrogen-bond donors (Lipinski definition) is 1. The SMILES string of the molecule is CS(=O)(=O)c1ccccc1NC(=O)CCc1ncc(-c2ccc(F)cc2F)o1. The van der Waals surface area contributed by atoms with Gasteiger partial charge in [0.25, 0.3) is 0 Å². The Balaban J connectivity index is 1.66. The molecule has 3 aromatic rings. The molecule has 146 valence electrons. The highest BCUT2D eigenvalue weighted by Crippen LogP contribution is 2.25. The van der Waals surface area contributed by atoms with Crippen molar-refractivity contribution in [3.8, 4) is 11.3 Å². The van der Waals surface area contributed by atoms with Crippen LogP contribution < -0.4 is 5.32 Å². The minimum atomic E-state index is -3.49. The van der Waals surface area contributed by atoms with E-state index in [9.17, 15) is 22.0 Å². The number of nitrogens with one attached hydrogen (secondary N) is 1. The molecular weight excluding hydrogens is 390 g/mol. The monoisotopic (exact) mass is 406 g/mol. The van der Waals surface area contributed by atoms with Crippen molar-refractivity contribution in [2.45, 2.75) is 17.7 Å². The van der Waals surface area contributed by atoms with Crippen LogP contribution in [0.15, 0.2) is 58.0 Å². The fourth-order valence-electron chi connectivity index (χ4n) is 2.57. The first-order valence-corrected chi connectivity index (χ1v) is 10.1. The molecule has 1 N–H and O–H groups in total. The number of benzene rings is 2. The lowest BCUT2D eigenvalue weighted by Gasteiger charge is -2.09. The van der Waals surface area contributed by atoms with Crippen LogP contribution in [0.5, 0.6) is 0 Å². The molecule has 1 heterocycles. The molecule has 0 saturated heterocycles. The molecular formula is C19H16F2N2O4S. The summed E-state index contributed by atoms with van der Waals surface area (Å²) >= 11 is 0. The van der Waals surface area contributed by atoms with Crippen LogP contribution in [-0.4, -0.2) is 25.6 Å². The van der Waals surface area contributed by atoms with Crippen LogP contribution in [0, 0.1) is 11.6 Å². The first-order chi connectivity index (χ1) is 13.2. The topological polar surface area (TPSA) is 89.3 Å². The Morgan fingerprint density at radius 2 is 1.93 bits per heavy atom. The molecule has 0 spiro atoms. The van der Waals surface area contributed by atoms with Crippen molar-refractivity contribution in [3.05, 3.63) is 66.2 Å². The molecule has 0 atom stereocenters. The lowest BCUT2D eigenvalue weighted by molar-refractivity contribution is -0.116. The van der Waals surface area contributed by atoms with Gasteiger partial charge in [-0.1, -0.05) is 12.1 Å². The largest absolute Gasteiger partial charge is 0.441 e. The minimum Gasteiger partial charge on any atom is -0.441 e. The molecule has 6 nitrogen and oxygen atoms in total. The molecule has 1 aromatic heterocycles. The van der Waals surface area contributed by atoms with Gasteiger partial charge in [-0.2, -0.15) is 0 Å². The van der Waals surface area contributed by atoms with Gasteiger partial charge in [-0.3, -0.25) is 4.79 Å². The van der Waals surface area contributed by atoms with Crippen molar-refractivity contribution < 1.29 is 26.4 Å². The third-order valence-electron chi connectivity index (χ3n) is 3.88. The van der Waals surface area contributed by atoms with Gasteiger partial charge in [0.2, 0.25) is 5.91 Å². The van der Waals surface area contributed by atoms with E-state index in [1.54, 1.807) is 12.1 Å². The Bertz CT molecular complexity index is 1130. The summed E-state index contributed by atoms with van der Waals surface area (Å²) in [4.78, 5) is 16.2. The van der Waals surface area contributed by atoms with E-state index in [2.05, 4.69) is 10.3 Å². The lowest BCUT2D eigenvalue weighted by atomic mass is 10.2. The summed E-state index contributed by atoms with van der Waals surface area (Å²) in [5.41, 5.74) is 0.253. The van der Waals surface area contributed by atoms with Gasteiger partial charge in [-0.25, -0.2) is 22.2 Å². The number of halogens is 2. The van der Waals surface area contributed by atoms with Crippen LogP contribution in [-0.2, 0) is 21.1 Å². The number of aryl methyl sites for hydroxylation is 1. The average molecular weight is 406 g/mol. The number of amides is 1. The second-order valence-corrected chi connectivity index (χ2v) is 8.04. The normalized spacial score (nSPS) is 11.4. The van der Waals surface area contributed by atoms with Crippen molar-refractivity contribution in [2.24, 2.45) is 0 Å². The van der Waals surface area contributed by atoms with E-state index in [0.717, 1.165) is 18.4 Å². The molecule has 0 saturated carbocycles. The first-order valence-electron chi connectivity index (χ1n) is 8.23. The molecule has 0 radical (unpaired) electrons. The molecule has 0 fully saturated rings. The molecule has 0 bridgehead atoms. The summed E-state index contributed by atoms with van der Waals surface area (Å²) in [6.45, 7) is 0. The summed E-state index contributed by atoms with van der Waals surface area (Å²) in [7, 11) is -3.49. The molecule has 9 heteroatoms. The highest BCUT2D eigenvalue weighted by molar-refractivity contribution is 7.90. The lowest BCUT2D eigenvalue weighted by Crippen LogP contribution is -2.15. The van der Waals surface area contributed by atoms with Crippen molar-refractivity contribution in [2.75, 3.05) is 11.6 Å². The summed E-state index contributed by atoms with van der Waals surface area (Å²) in [6, 6.07) is 9.16. The Labute approximate surface area is 160 Å². The smallest absolute Gasteiger partial charge is 0.224 e. The molecule has 3 rings (SSSR count). The highest BCUT2D eigenvalue weighted by atomic mass is 32.2. The van der Waals surface area contributed by atoms with Crippen LogP contribution in [0.4, 0.5) is 14.5 Å². The van der Waals surface area contributed by atoms with Gasteiger partial charge < -0.3 is 9.73 Å². The van der Waals surface area contributed by atoms with Crippen LogP contribution in [0.3, 0.4) is 0 Å². The zero-order chi connectivity index (χ0) is 20.3. The Kier molecular flexibility index (Phi) is 5.55. The van der Waals surface area contributed by atoms with Crippen LogP contribution in [0.1, 0.15) is 12.3 Å². The fraction of sp³-hybridized carbons (Fsp3) is 0.158. The standard InChI is InChI=1S/C19H16F2N2O4S/c1-28(25,26)17-5-3-2-4-15(17)23-18(24)8-9-19-22-11-16(27-19)13-7-6-12(20)10-14(13)21/h2-7,10-11H,8-9H2,1H3,(H,23,24). The van der Waals surface area contributed by atoms with Crippen molar-refractivity contribution >= 4 is 21.4 Å². The summed E-state index contributed by atoms with van der Waals surface area (Å²) in [5.74, 6) is -1.59. The number of carbonyl (C=O) groups is 1. The van der Waals surface area contributed by atoms with Crippen molar-refractivity contribution in [1.82, 2.24) is 4.98 Å². The highest BCUT2D eigenvalue weighted by Gasteiger charge is 2.16. The molecule has 0 aliphatic heterocycles. The van der Waals surface area contributed by atoms with E-state index < -0.39 is 27.4 Å². The zero-order valence-corrected chi connectivity index (χ0v) is 15.6. The van der Waals surface area contributed by atoms with Gasteiger partial charge in [0.05, 0.1) is 22.3 Å². The second-order valence-electron chi connectivity index (χ2n) is 6.06. The number of rotatable bonds is 6. The average Bonchev–Trinajstić information content (AvgIpc) is 3.08. The van der Waals surface area contributed by atoms with Crippen LogP contribution in [0.25, 0.3) is 11.3 Å². The third kappa shape index (κ3) is 4.61. The van der Waals surface area contributed by atoms with Gasteiger partial charge in [0, 0.05) is 25.2 Å². The Morgan fingerprint density at radius 3 is 2.64 bits per heavy atom. The quantitative estimate of drug-likeness (QED) is 0.676. The number of hydrogen-bond acceptors (Lipinski definition) is 5. The maximum atomic E-state index is 13.8. The molecule has 28 heavy (non-hydrogen) atoms. The van der Waals surface area contributed by atoms with E-state index in [4.69, 9.17) is 4.42 Å². The number of para-hydroxylation sites is 1. The maximum absolute atomic E-state index is 13.8. The zero-order valence-electron chi connectivity index (χ0n) is 14.8. The maximum Gasteiger partial charge on any atom is 0.224 e. The first kappa shape index (κ1) is 19.7. The van der Waals surface area contributed by atoms with E-state index in [-0.39, 0.29) is 40.6 Å². The predicted octanol–water partition coefficient (Wildman–Crippen LogP) is 3.59. The molecule has 0 aliphatic rings. The number of aromatic nitrogens is 1. The van der Waals surface area contributed by atoms with Crippen LogP contribution >= 0.6 is 0 Å². The van der Waals surface area contributed by atoms with Gasteiger partial charge in [-0.15, -0.1) is 0 Å². The van der Waals surface area contributed by atoms with Gasteiger partial charge in [0.15, 0.2) is 21.5 Å². The van der Waals surface area contributed by atoms with E-state index >= 15 is 0 Å². The number of sulfone groups is 1. The Morgan fingerprint density at radius 1 is 1.18 bits per heavy atom. The summed E-state index contributed by atoms with van der Waals surface area (Å²) in [6.07, 6.45) is 2.45. The van der Waals surface area contributed by atoms with Crippen molar-refractivity contribution in [3.63, 3.8) is 0 Å². The van der Waals surface area contributed by atoms with E-state index in [1.165, 1.54) is 24.4 Å². The molecule has 1 amide bonds. The van der Waals surface area contributed by atoms with Gasteiger partial charge in [-0.05, 0) is 24.3 Å². The number of carbonyl (C=O) groups excluding carboxylic acids is 1. The number of anilines is 1. The van der Waals surface area contributed by atoms with E-state index in [1.807, 2.05) is 0 Å². The summed E-state index contributed by atoms with van der Waals surface area (Å²) < 4.78 is 55.7. The third-order valence-corrected chi connectivity index (χ3v) is 5.03. The fourth-order valence-corrected chi connectivity index (χ4v) is 3.41. The number of nitrogens with zero attached hydrogens (tertiary/aromatic N) is 1. The van der Waals surface area contributed by atoms with Crippen molar-refractivity contribution in [1.29, 1.82) is 0 Å². The Hall–Kier alpha value is -3.07. The molecule has 2 aromatic carbocycles. The van der Waals surface area contributed by atoms with E-state index in [0.29, 0.717) is 0 Å². The number of oxazole rings is 1. The van der Waals surface area contributed by atoms with Gasteiger partial charge >= 0.3 is 0 Å². The molecule has 0 aliphatic carbocycles. The van der Waals surface area contributed by atoms with Gasteiger partial charge in [0.1, 0.15) is 11.6 Å². The minimum absolute atomic E-state index is 0.0218. The van der Waals surface area contributed by atoms with Crippen LogP contribution in [0.2, 0.25) is 0 Å². The predicted molar refractivity (Wildman–Crippen MR) is 98.4 cm³/mol. The molecule has 0 unspecified atom stereocenters. The second kappa shape index (κ2) is 7.89. The summed E-state index contributed by atoms with van der Waals surface area (Å²) in [5, 5.41) is 2.55.